The molecule has 6 nitrogen and oxygen atoms in total. The number of anilines is 1. The second-order valence-electron chi connectivity index (χ2n) is 7.22. The molecule has 1 atom stereocenters. The number of carbonyl (C=O) groups excluding carboxylic acids is 2. The number of carbonyl (C=O) groups is 2. The first-order valence-corrected chi connectivity index (χ1v) is 11.1. The number of hydrazine groups is 1. The Morgan fingerprint density at radius 3 is 2.31 bits per heavy atom. The first-order valence-electron chi connectivity index (χ1n) is 9.54. The van der Waals surface area contributed by atoms with Crippen molar-refractivity contribution >= 4 is 75.8 Å². The summed E-state index contributed by atoms with van der Waals surface area (Å²) in [5.74, 6) is -0.934. The van der Waals surface area contributed by atoms with E-state index in [4.69, 9.17) is 46.4 Å². The zero-order chi connectivity index (χ0) is 23.5. The highest BCUT2D eigenvalue weighted by Crippen LogP contribution is 2.33. The van der Waals surface area contributed by atoms with Crippen LogP contribution >= 0.6 is 46.4 Å². The van der Waals surface area contributed by atoms with Gasteiger partial charge < -0.3 is 4.90 Å². The zero-order valence-corrected chi connectivity index (χ0v) is 20.3. The van der Waals surface area contributed by atoms with Crippen molar-refractivity contribution in [1.29, 1.82) is 0 Å². The van der Waals surface area contributed by atoms with Crippen LogP contribution in [0.15, 0.2) is 65.3 Å². The summed E-state index contributed by atoms with van der Waals surface area (Å²) in [4.78, 5) is 32.1. The lowest BCUT2D eigenvalue weighted by Gasteiger charge is -2.22. The molecule has 0 spiro atoms. The summed E-state index contributed by atoms with van der Waals surface area (Å²) >= 11 is 23.3. The molecule has 3 rings (SSSR count). The van der Waals surface area contributed by atoms with Gasteiger partial charge in [0.25, 0.3) is 11.8 Å². The van der Waals surface area contributed by atoms with E-state index in [1.165, 1.54) is 0 Å². The Labute approximate surface area is 206 Å². The molecule has 2 aromatic rings. The quantitative estimate of drug-likeness (QED) is 0.446. The van der Waals surface area contributed by atoms with Crippen molar-refractivity contribution in [3.8, 4) is 0 Å². The molecule has 0 bridgehead atoms. The monoisotopic (exact) mass is 512 g/mol. The number of hydrogen-bond acceptors (Lipinski definition) is 4. The molecular weight excluding hydrogens is 494 g/mol. The van der Waals surface area contributed by atoms with Crippen LogP contribution in [-0.2, 0) is 9.59 Å². The lowest BCUT2D eigenvalue weighted by atomic mass is 10.1. The minimum Gasteiger partial charge on any atom is -0.378 e. The molecule has 168 valence electrons. The Balaban J connectivity index is 1.90. The molecule has 0 saturated heterocycles. The molecule has 1 aliphatic heterocycles. The Hall–Kier alpha value is -2.25. The smallest absolute Gasteiger partial charge is 0.297 e. The fourth-order valence-electron chi connectivity index (χ4n) is 2.90. The highest BCUT2D eigenvalue weighted by Gasteiger charge is 2.35. The molecule has 32 heavy (non-hydrogen) atoms. The van der Waals surface area contributed by atoms with Crippen LogP contribution < -0.4 is 10.3 Å². The molecule has 0 aromatic heterocycles. The lowest BCUT2D eigenvalue weighted by molar-refractivity contribution is -0.133. The van der Waals surface area contributed by atoms with Crippen LogP contribution in [0.2, 0.25) is 0 Å². The molecule has 0 radical (unpaired) electrons. The van der Waals surface area contributed by atoms with E-state index in [9.17, 15) is 9.59 Å². The predicted octanol–water partition coefficient (Wildman–Crippen LogP) is 4.78. The molecule has 1 aliphatic rings. The van der Waals surface area contributed by atoms with E-state index in [0.717, 1.165) is 16.3 Å². The summed E-state index contributed by atoms with van der Waals surface area (Å²) in [6, 6.07) is 16.6. The number of rotatable bonds is 6. The fourth-order valence-corrected chi connectivity index (χ4v) is 3.88. The Morgan fingerprint density at radius 2 is 1.75 bits per heavy atom. The van der Waals surface area contributed by atoms with Gasteiger partial charge in [-0.2, -0.15) is 5.01 Å². The van der Waals surface area contributed by atoms with Crippen molar-refractivity contribution in [3.05, 3.63) is 71.4 Å². The predicted molar refractivity (Wildman–Crippen MR) is 131 cm³/mol. The third kappa shape index (κ3) is 6.17. The van der Waals surface area contributed by atoms with Gasteiger partial charge in [0.15, 0.2) is 9.63 Å². The second-order valence-corrected chi connectivity index (χ2v) is 10.3. The van der Waals surface area contributed by atoms with Gasteiger partial charge in [0.2, 0.25) is 0 Å². The van der Waals surface area contributed by atoms with Crippen LogP contribution in [0.25, 0.3) is 6.08 Å². The van der Waals surface area contributed by atoms with Crippen molar-refractivity contribution in [3.63, 3.8) is 0 Å². The molecule has 1 heterocycles. The molecule has 10 heteroatoms. The van der Waals surface area contributed by atoms with Crippen LogP contribution in [-0.4, -0.2) is 45.9 Å². The van der Waals surface area contributed by atoms with Gasteiger partial charge in [0.05, 0.1) is 0 Å². The normalized spacial score (nSPS) is 16.2. The average molecular weight is 514 g/mol. The molecule has 2 amide bonds. The molecule has 1 N–H and O–H groups in total. The topological polar surface area (TPSA) is 65.0 Å². The number of amidine groups is 1. The zero-order valence-electron chi connectivity index (χ0n) is 17.2. The van der Waals surface area contributed by atoms with Gasteiger partial charge in [-0.15, -0.1) is 11.6 Å². The van der Waals surface area contributed by atoms with E-state index in [1.807, 2.05) is 49.3 Å². The van der Waals surface area contributed by atoms with Gasteiger partial charge in [-0.05, 0) is 23.8 Å². The van der Waals surface area contributed by atoms with E-state index in [-0.39, 0.29) is 18.0 Å². The maximum atomic E-state index is 13.1. The number of halogens is 4. The highest BCUT2D eigenvalue weighted by molar-refractivity contribution is 6.67. The van der Waals surface area contributed by atoms with Crippen LogP contribution in [0.4, 0.5) is 5.69 Å². The van der Waals surface area contributed by atoms with Gasteiger partial charge in [0.1, 0.15) is 11.1 Å². The maximum Gasteiger partial charge on any atom is 0.297 e. The van der Waals surface area contributed by atoms with Gasteiger partial charge in [-0.25, -0.2) is 4.99 Å². The van der Waals surface area contributed by atoms with Crippen molar-refractivity contribution in [2.75, 3.05) is 19.0 Å². The van der Waals surface area contributed by atoms with Gasteiger partial charge in [-0.3, -0.25) is 15.0 Å². The molecule has 0 saturated carbocycles. The number of alkyl halides is 4. The summed E-state index contributed by atoms with van der Waals surface area (Å²) in [6.45, 7) is 0. The lowest BCUT2D eigenvalue weighted by Crippen LogP contribution is -2.50. The van der Waals surface area contributed by atoms with E-state index < -0.39 is 21.0 Å². The maximum absolute atomic E-state index is 13.1. The molecule has 0 unspecified atom stereocenters. The first kappa shape index (κ1) is 24.4. The fraction of sp³-hybridized carbons (Fsp3) is 0.227. The van der Waals surface area contributed by atoms with E-state index >= 15 is 0 Å². The molecule has 0 fully saturated rings. The molecule has 2 aromatic carbocycles. The summed E-state index contributed by atoms with van der Waals surface area (Å²) in [7, 11) is 3.88. The van der Waals surface area contributed by atoms with Crippen LogP contribution in [0.3, 0.4) is 0 Å². The minimum atomic E-state index is -1.71. The van der Waals surface area contributed by atoms with E-state index in [1.54, 1.807) is 30.3 Å². The Morgan fingerprint density at radius 1 is 1.12 bits per heavy atom. The number of nitrogens with one attached hydrogen (secondary N) is 1. The average Bonchev–Trinajstić information content (AvgIpc) is 3.03. The van der Waals surface area contributed by atoms with Crippen LogP contribution in [0, 0.1) is 0 Å². The summed E-state index contributed by atoms with van der Waals surface area (Å²) in [6.07, 6.45) is 1.42. The number of aliphatic imine (C=N–C) groups is 1. The third-order valence-corrected chi connectivity index (χ3v) is 5.34. The summed E-state index contributed by atoms with van der Waals surface area (Å²) in [5, 5.41) is -0.107. The van der Waals surface area contributed by atoms with Gasteiger partial charge >= 0.3 is 0 Å². The van der Waals surface area contributed by atoms with Crippen LogP contribution in [0.1, 0.15) is 17.5 Å². The minimum absolute atomic E-state index is 0.161. The van der Waals surface area contributed by atoms with E-state index in [0.29, 0.717) is 5.56 Å². The largest absolute Gasteiger partial charge is 0.378 e. The highest BCUT2D eigenvalue weighted by atomic mass is 35.6. The number of benzene rings is 2. The van der Waals surface area contributed by atoms with Crippen molar-refractivity contribution in [1.82, 2.24) is 10.4 Å². The van der Waals surface area contributed by atoms with Crippen LogP contribution in [0.5, 0.6) is 0 Å². The number of hydrogen-bond donors (Lipinski definition) is 1. The Bertz CT molecular complexity index is 1050. The second kappa shape index (κ2) is 10.1. The SMILES string of the molecule is CN(C)c1ccc(/C=C2\N=C(c3ccccc3)N(NC(=O)[C@@H](Cl)CC(Cl)(Cl)Cl)C2=O)cc1. The standard InChI is InChI=1S/C22H20Cl4N4O2/c1-29(2)16-10-8-14(9-11-16)12-18-21(32)30(19(27-18)15-6-4-3-5-7-15)28-20(31)17(23)13-22(24,25)26/h3-12,17H,13H2,1-2H3,(H,28,31)/b18-12-/t17-/m0/s1. The number of amides is 2. The third-order valence-electron chi connectivity index (χ3n) is 4.52. The van der Waals surface area contributed by atoms with Crippen molar-refractivity contribution < 1.29 is 9.59 Å². The van der Waals surface area contributed by atoms with E-state index in [2.05, 4.69) is 10.4 Å². The number of nitrogens with zero attached hydrogens (tertiary/aromatic N) is 3. The molecule has 0 aliphatic carbocycles. The summed E-state index contributed by atoms with van der Waals surface area (Å²) < 4.78 is -1.71. The molecular formula is C22H20Cl4N4O2. The van der Waals surface area contributed by atoms with Gasteiger partial charge in [0, 0.05) is 31.8 Å². The summed E-state index contributed by atoms with van der Waals surface area (Å²) in [5.41, 5.74) is 5.11. The van der Waals surface area contributed by atoms with Gasteiger partial charge in [-0.1, -0.05) is 77.3 Å². The van der Waals surface area contributed by atoms with Crippen molar-refractivity contribution in [2.45, 2.75) is 15.6 Å². The first-order chi connectivity index (χ1) is 15.0. The van der Waals surface area contributed by atoms with Crippen molar-refractivity contribution in [2.24, 2.45) is 4.99 Å². The Kier molecular flexibility index (Phi) is 7.72.